The van der Waals surface area contributed by atoms with Crippen LogP contribution in [0.25, 0.3) is 0 Å². The SMILES string of the molecule is O=C(O)c1nc(Br)sc1CBr. The number of halogens is 2. The van der Waals surface area contributed by atoms with Crippen LogP contribution in [-0.4, -0.2) is 16.1 Å². The van der Waals surface area contributed by atoms with Gasteiger partial charge in [0, 0.05) is 5.33 Å². The van der Waals surface area contributed by atoms with Crippen molar-refractivity contribution in [1.82, 2.24) is 4.98 Å². The molecule has 0 amide bonds. The van der Waals surface area contributed by atoms with Gasteiger partial charge in [0.1, 0.15) is 0 Å². The maximum Gasteiger partial charge on any atom is 0.355 e. The Kier molecular flexibility index (Phi) is 3.03. The molecule has 3 nitrogen and oxygen atoms in total. The number of alkyl halides is 1. The third-order valence-corrected chi connectivity index (χ3v) is 3.43. The van der Waals surface area contributed by atoms with Crippen molar-refractivity contribution in [3.63, 3.8) is 0 Å². The highest BCUT2D eigenvalue weighted by Crippen LogP contribution is 2.25. The summed E-state index contributed by atoms with van der Waals surface area (Å²) >= 11 is 7.61. The van der Waals surface area contributed by atoms with E-state index in [4.69, 9.17) is 5.11 Å². The van der Waals surface area contributed by atoms with Crippen molar-refractivity contribution >= 4 is 49.2 Å². The van der Waals surface area contributed by atoms with Crippen LogP contribution >= 0.6 is 43.2 Å². The molecular weight excluding hydrogens is 298 g/mol. The smallest absolute Gasteiger partial charge is 0.355 e. The Labute approximate surface area is 83.7 Å². The Balaban J connectivity index is 3.12. The van der Waals surface area contributed by atoms with Gasteiger partial charge in [-0.3, -0.25) is 0 Å². The Hall–Kier alpha value is 0.0600. The van der Waals surface area contributed by atoms with Gasteiger partial charge in [0.2, 0.25) is 0 Å². The highest BCUT2D eigenvalue weighted by Gasteiger charge is 2.14. The third kappa shape index (κ3) is 2.00. The summed E-state index contributed by atoms with van der Waals surface area (Å²) in [6.45, 7) is 0. The van der Waals surface area contributed by atoms with E-state index in [9.17, 15) is 4.79 Å². The minimum atomic E-state index is -0.985. The summed E-state index contributed by atoms with van der Waals surface area (Å²) in [6, 6.07) is 0. The molecule has 0 aromatic carbocycles. The largest absolute Gasteiger partial charge is 0.476 e. The molecule has 0 aliphatic carbocycles. The Morgan fingerprint density at radius 2 is 2.36 bits per heavy atom. The van der Waals surface area contributed by atoms with Crippen LogP contribution in [0.4, 0.5) is 0 Å². The molecule has 6 heteroatoms. The number of carbonyl (C=O) groups is 1. The van der Waals surface area contributed by atoms with Crippen LogP contribution < -0.4 is 0 Å². The summed E-state index contributed by atoms with van der Waals surface area (Å²) in [6.07, 6.45) is 0. The minimum Gasteiger partial charge on any atom is -0.476 e. The molecule has 0 saturated carbocycles. The first-order valence-corrected chi connectivity index (χ1v) is 5.32. The van der Waals surface area contributed by atoms with Crippen LogP contribution in [0.5, 0.6) is 0 Å². The number of rotatable bonds is 2. The van der Waals surface area contributed by atoms with Gasteiger partial charge in [-0.05, 0) is 15.9 Å². The van der Waals surface area contributed by atoms with E-state index in [0.29, 0.717) is 9.25 Å². The average Bonchev–Trinajstić information content (AvgIpc) is 2.30. The molecule has 0 bridgehead atoms. The minimum absolute atomic E-state index is 0.124. The molecule has 1 aromatic rings. The molecule has 0 spiro atoms. The zero-order valence-corrected chi connectivity index (χ0v) is 9.16. The summed E-state index contributed by atoms with van der Waals surface area (Å²) in [4.78, 5) is 15.0. The molecule has 0 radical (unpaired) electrons. The highest BCUT2D eigenvalue weighted by atomic mass is 79.9. The van der Waals surface area contributed by atoms with Gasteiger partial charge in [-0.1, -0.05) is 15.9 Å². The Bertz CT molecular complexity index is 286. The van der Waals surface area contributed by atoms with Crippen molar-refractivity contribution in [2.24, 2.45) is 0 Å². The second kappa shape index (κ2) is 3.64. The standard InChI is InChI=1S/C5H3Br2NO2S/c6-1-2-3(4(9)10)8-5(7)11-2/h1H2,(H,9,10). The second-order valence-corrected chi connectivity index (χ2v) is 4.60. The van der Waals surface area contributed by atoms with Gasteiger partial charge in [-0.15, -0.1) is 11.3 Å². The Morgan fingerprint density at radius 3 is 2.73 bits per heavy atom. The van der Waals surface area contributed by atoms with Crippen LogP contribution in [0.2, 0.25) is 0 Å². The van der Waals surface area contributed by atoms with Crippen molar-refractivity contribution in [2.45, 2.75) is 5.33 Å². The normalized spacial score (nSPS) is 10.0. The van der Waals surface area contributed by atoms with E-state index in [-0.39, 0.29) is 5.69 Å². The third-order valence-electron chi connectivity index (χ3n) is 0.995. The van der Waals surface area contributed by atoms with Gasteiger partial charge in [0.05, 0.1) is 4.88 Å². The van der Waals surface area contributed by atoms with E-state index in [1.54, 1.807) is 0 Å². The fourth-order valence-corrected chi connectivity index (χ4v) is 2.58. The van der Waals surface area contributed by atoms with Gasteiger partial charge >= 0.3 is 5.97 Å². The van der Waals surface area contributed by atoms with Crippen molar-refractivity contribution in [1.29, 1.82) is 0 Å². The lowest BCUT2D eigenvalue weighted by molar-refractivity contribution is 0.0690. The molecular formula is C5H3Br2NO2S. The quantitative estimate of drug-likeness (QED) is 0.854. The van der Waals surface area contributed by atoms with Gasteiger partial charge in [-0.2, -0.15) is 0 Å². The molecule has 0 fully saturated rings. The molecule has 1 N–H and O–H groups in total. The van der Waals surface area contributed by atoms with E-state index in [0.717, 1.165) is 4.88 Å². The number of aromatic nitrogens is 1. The molecule has 0 aliphatic rings. The van der Waals surface area contributed by atoms with E-state index in [1.165, 1.54) is 11.3 Å². The van der Waals surface area contributed by atoms with Crippen LogP contribution in [0, 0.1) is 0 Å². The van der Waals surface area contributed by atoms with E-state index >= 15 is 0 Å². The number of carboxylic acid groups (broad SMARTS) is 1. The molecule has 0 unspecified atom stereocenters. The lowest BCUT2D eigenvalue weighted by atomic mass is 10.4. The fourth-order valence-electron chi connectivity index (χ4n) is 0.581. The summed E-state index contributed by atoms with van der Waals surface area (Å²) in [5, 5.41) is 9.14. The molecule has 11 heavy (non-hydrogen) atoms. The van der Waals surface area contributed by atoms with Gasteiger partial charge in [0.15, 0.2) is 9.61 Å². The van der Waals surface area contributed by atoms with Crippen LogP contribution in [-0.2, 0) is 5.33 Å². The number of thiazole rings is 1. The second-order valence-electron chi connectivity index (χ2n) is 1.68. The van der Waals surface area contributed by atoms with E-state index in [2.05, 4.69) is 36.8 Å². The molecule has 1 rings (SSSR count). The molecule has 0 saturated heterocycles. The first kappa shape index (κ1) is 9.15. The molecule has 60 valence electrons. The lowest BCUT2D eigenvalue weighted by Crippen LogP contribution is -1.99. The lowest BCUT2D eigenvalue weighted by Gasteiger charge is -1.88. The molecule has 0 aliphatic heterocycles. The van der Waals surface area contributed by atoms with Crippen LogP contribution in [0.15, 0.2) is 3.92 Å². The number of carboxylic acids is 1. The van der Waals surface area contributed by atoms with Crippen molar-refractivity contribution in [2.75, 3.05) is 0 Å². The summed E-state index contributed by atoms with van der Waals surface area (Å²) in [7, 11) is 0. The van der Waals surface area contributed by atoms with Crippen molar-refractivity contribution < 1.29 is 9.90 Å². The number of nitrogens with zero attached hydrogens (tertiary/aromatic N) is 1. The number of hydrogen-bond acceptors (Lipinski definition) is 3. The van der Waals surface area contributed by atoms with E-state index in [1.807, 2.05) is 0 Å². The average molecular weight is 301 g/mol. The topological polar surface area (TPSA) is 50.2 Å². The maximum atomic E-state index is 10.5. The van der Waals surface area contributed by atoms with Crippen LogP contribution in [0.3, 0.4) is 0 Å². The Morgan fingerprint density at radius 1 is 1.73 bits per heavy atom. The zero-order chi connectivity index (χ0) is 8.43. The monoisotopic (exact) mass is 299 g/mol. The van der Waals surface area contributed by atoms with Crippen LogP contribution in [0.1, 0.15) is 15.4 Å². The molecule has 1 aromatic heterocycles. The predicted octanol–water partition coefficient (Wildman–Crippen LogP) is 2.50. The van der Waals surface area contributed by atoms with Crippen molar-refractivity contribution in [3.05, 3.63) is 14.5 Å². The summed E-state index contributed by atoms with van der Waals surface area (Å²) in [5.74, 6) is -0.985. The first-order chi connectivity index (χ1) is 5.15. The fraction of sp³-hybridized carbons (Fsp3) is 0.200. The van der Waals surface area contributed by atoms with E-state index < -0.39 is 5.97 Å². The predicted molar refractivity (Wildman–Crippen MR) is 49.4 cm³/mol. The van der Waals surface area contributed by atoms with Crippen molar-refractivity contribution in [3.8, 4) is 0 Å². The van der Waals surface area contributed by atoms with Gasteiger partial charge < -0.3 is 5.11 Å². The molecule has 0 atom stereocenters. The molecule has 1 heterocycles. The first-order valence-electron chi connectivity index (χ1n) is 2.59. The van der Waals surface area contributed by atoms with Gasteiger partial charge in [0.25, 0.3) is 0 Å². The number of aromatic carboxylic acids is 1. The summed E-state index contributed by atoms with van der Waals surface area (Å²) in [5.41, 5.74) is 0.124. The summed E-state index contributed by atoms with van der Waals surface area (Å²) < 4.78 is 0.601. The van der Waals surface area contributed by atoms with Gasteiger partial charge in [-0.25, -0.2) is 9.78 Å². The number of hydrogen-bond donors (Lipinski definition) is 1. The highest BCUT2D eigenvalue weighted by molar-refractivity contribution is 9.11. The zero-order valence-electron chi connectivity index (χ0n) is 5.17. The maximum absolute atomic E-state index is 10.5.